The van der Waals surface area contributed by atoms with Crippen LogP contribution in [0, 0.1) is 0 Å². The van der Waals surface area contributed by atoms with Gasteiger partial charge in [-0.1, -0.05) is 41.1 Å². The number of halogens is 1. The molecule has 2 aromatic carbocycles. The van der Waals surface area contributed by atoms with Gasteiger partial charge in [0.2, 0.25) is 5.91 Å². The van der Waals surface area contributed by atoms with Crippen LogP contribution in [-0.4, -0.2) is 23.0 Å². The summed E-state index contributed by atoms with van der Waals surface area (Å²) in [6.07, 6.45) is 1.98. The molecule has 0 aliphatic carbocycles. The lowest BCUT2D eigenvalue weighted by Gasteiger charge is -2.19. The lowest BCUT2D eigenvalue weighted by molar-refractivity contribution is -0.118. The van der Waals surface area contributed by atoms with Crippen LogP contribution in [0.1, 0.15) is 11.3 Å². The van der Waals surface area contributed by atoms with E-state index in [-0.39, 0.29) is 12.3 Å². The van der Waals surface area contributed by atoms with Crippen molar-refractivity contribution in [1.82, 2.24) is 9.97 Å². The Morgan fingerprint density at radius 2 is 1.97 bits per heavy atom. The molecule has 0 bridgehead atoms. The highest BCUT2D eigenvalue weighted by molar-refractivity contribution is 7.22. The number of hydrogen-bond donors (Lipinski definition) is 0. The van der Waals surface area contributed by atoms with E-state index in [1.165, 1.54) is 11.3 Å². The van der Waals surface area contributed by atoms with Crippen LogP contribution in [0.3, 0.4) is 0 Å². The monoisotopic (exact) mass is 423 g/mol. The molecule has 0 N–H and O–H groups in total. The maximum Gasteiger partial charge on any atom is 0.233 e. The van der Waals surface area contributed by atoms with Crippen molar-refractivity contribution >= 4 is 44.2 Å². The highest BCUT2D eigenvalue weighted by atomic mass is 35.5. The Morgan fingerprint density at radius 1 is 1.14 bits per heavy atom. The fourth-order valence-electron chi connectivity index (χ4n) is 2.93. The Bertz CT molecular complexity index is 1130. The number of rotatable bonds is 6. The number of carbonyl (C=O) groups excluding carboxylic acids is 1. The van der Waals surface area contributed by atoms with Crippen LogP contribution < -0.4 is 9.64 Å². The Balaban J connectivity index is 1.65. The van der Waals surface area contributed by atoms with E-state index in [2.05, 4.69) is 9.97 Å². The number of hydrogen-bond acceptors (Lipinski definition) is 5. The Morgan fingerprint density at radius 3 is 2.69 bits per heavy atom. The van der Waals surface area contributed by atoms with Gasteiger partial charge in [0.1, 0.15) is 5.75 Å². The van der Waals surface area contributed by atoms with E-state index >= 15 is 0 Å². The summed E-state index contributed by atoms with van der Waals surface area (Å²) in [7, 11) is 1.62. The van der Waals surface area contributed by atoms with E-state index < -0.39 is 0 Å². The number of carbonyl (C=O) groups is 1. The number of methoxy groups -OCH3 is 1. The summed E-state index contributed by atoms with van der Waals surface area (Å²) in [6, 6.07) is 18.7. The summed E-state index contributed by atoms with van der Waals surface area (Å²) in [4.78, 5) is 23.9. The molecule has 29 heavy (non-hydrogen) atoms. The van der Waals surface area contributed by atoms with Crippen LogP contribution >= 0.6 is 22.9 Å². The average molecular weight is 424 g/mol. The zero-order valence-corrected chi connectivity index (χ0v) is 17.3. The van der Waals surface area contributed by atoms with Gasteiger partial charge in [0, 0.05) is 11.2 Å². The third-order valence-electron chi connectivity index (χ3n) is 4.43. The van der Waals surface area contributed by atoms with E-state index in [1.54, 1.807) is 24.3 Å². The van der Waals surface area contributed by atoms with Gasteiger partial charge in [-0.3, -0.25) is 14.7 Å². The number of pyridine rings is 1. The van der Waals surface area contributed by atoms with E-state index in [0.717, 1.165) is 27.2 Å². The van der Waals surface area contributed by atoms with Gasteiger partial charge in [0.05, 0.1) is 36.0 Å². The van der Waals surface area contributed by atoms with Crippen molar-refractivity contribution < 1.29 is 9.53 Å². The Hall–Kier alpha value is -2.96. The topological polar surface area (TPSA) is 55.3 Å². The molecule has 0 unspecified atom stereocenters. The molecule has 0 saturated heterocycles. The highest BCUT2D eigenvalue weighted by Crippen LogP contribution is 2.32. The van der Waals surface area contributed by atoms with E-state index in [4.69, 9.17) is 16.3 Å². The van der Waals surface area contributed by atoms with Crippen molar-refractivity contribution in [2.45, 2.75) is 13.0 Å². The van der Waals surface area contributed by atoms with Crippen molar-refractivity contribution in [3.63, 3.8) is 0 Å². The smallest absolute Gasteiger partial charge is 0.233 e. The molecule has 0 atom stereocenters. The molecule has 2 aromatic heterocycles. The number of benzene rings is 2. The summed E-state index contributed by atoms with van der Waals surface area (Å²) < 4.78 is 6.13. The van der Waals surface area contributed by atoms with Gasteiger partial charge in [-0.05, 0) is 48.0 Å². The van der Waals surface area contributed by atoms with Crippen LogP contribution in [-0.2, 0) is 17.8 Å². The molecule has 0 saturated carbocycles. The summed E-state index contributed by atoms with van der Waals surface area (Å²) >= 11 is 7.56. The summed E-state index contributed by atoms with van der Waals surface area (Å²) in [5, 5.41) is 1.28. The SMILES string of the molecule is COc1ccc(CC(=O)N(Cc2ccccn2)c2nc3ccc(Cl)cc3s2)cc1. The second-order valence-electron chi connectivity index (χ2n) is 6.43. The predicted octanol–water partition coefficient (Wildman–Crippen LogP) is 5.13. The molecule has 0 aliphatic rings. The third kappa shape index (κ3) is 4.55. The second-order valence-corrected chi connectivity index (χ2v) is 7.88. The minimum absolute atomic E-state index is 0.0500. The van der Waals surface area contributed by atoms with E-state index in [0.29, 0.717) is 16.7 Å². The van der Waals surface area contributed by atoms with Gasteiger partial charge < -0.3 is 4.74 Å². The molecule has 2 heterocycles. The van der Waals surface area contributed by atoms with Gasteiger partial charge in [-0.15, -0.1) is 0 Å². The molecular weight excluding hydrogens is 406 g/mol. The highest BCUT2D eigenvalue weighted by Gasteiger charge is 2.21. The molecular formula is C22H18ClN3O2S. The number of anilines is 1. The number of aromatic nitrogens is 2. The third-order valence-corrected chi connectivity index (χ3v) is 5.71. The minimum Gasteiger partial charge on any atom is -0.497 e. The maximum atomic E-state index is 13.2. The zero-order chi connectivity index (χ0) is 20.2. The first-order valence-corrected chi connectivity index (χ1v) is 10.2. The van der Waals surface area contributed by atoms with Crippen LogP contribution in [0.5, 0.6) is 5.75 Å². The van der Waals surface area contributed by atoms with Gasteiger partial charge in [0.25, 0.3) is 0 Å². The molecule has 0 fully saturated rings. The molecule has 146 valence electrons. The molecule has 7 heteroatoms. The molecule has 4 aromatic rings. The number of ether oxygens (including phenoxy) is 1. The first-order chi connectivity index (χ1) is 14.1. The quantitative estimate of drug-likeness (QED) is 0.431. The van der Waals surface area contributed by atoms with Gasteiger partial charge in [-0.25, -0.2) is 4.98 Å². The molecule has 1 amide bonds. The van der Waals surface area contributed by atoms with Gasteiger partial charge in [-0.2, -0.15) is 0 Å². The number of thiazole rings is 1. The summed E-state index contributed by atoms with van der Waals surface area (Å²) in [5.41, 5.74) is 2.52. The first-order valence-electron chi connectivity index (χ1n) is 9.01. The fourth-order valence-corrected chi connectivity index (χ4v) is 4.19. The number of fused-ring (bicyclic) bond motifs is 1. The fraction of sp³-hybridized carbons (Fsp3) is 0.136. The second kappa shape index (κ2) is 8.59. The predicted molar refractivity (Wildman–Crippen MR) is 117 cm³/mol. The van der Waals surface area contributed by atoms with E-state index in [1.807, 2.05) is 54.6 Å². The standard InChI is InChI=1S/C22H18ClN3O2S/c1-28-18-8-5-15(6-9-18)12-21(27)26(14-17-4-2-3-11-24-17)22-25-19-10-7-16(23)13-20(19)29-22/h2-11,13H,12,14H2,1H3. The Labute approximate surface area is 177 Å². The maximum absolute atomic E-state index is 13.2. The number of amides is 1. The Kier molecular flexibility index (Phi) is 5.74. The van der Waals surface area contributed by atoms with Crippen LogP contribution in [0.15, 0.2) is 66.9 Å². The molecule has 0 aliphatic heterocycles. The van der Waals surface area contributed by atoms with E-state index in [9.17, 15) is 4.79 Å². The zero-order valence-electron chi connectivity index (χ0n) is 15.7. The normalized spacial score (nSPS) is 10.8. The van der Waals surface area contributed by atoms with Crippen molar-refractivity contribution in [2.24, 2.45) is 0 Å². The van der Waals surface area contributed by atoms with Crippen LogP contribution in [0.4, 0.5) is 5.13 Å². The molecule has 4 rings (SSSR count). The average Bonchev–Trinajstić information content (AvgIpc) is 3.16. The lowest BCUT2D eigenvalue weighted by Crippen LogP contribution is -2.32. The number of nitrogens with zero attached hydrogens (tertiary/aromatic N) is 3. The summed E-state index contributed by atoms with van der Waals surface area (Å²) in [5.74, 6) is 0.709. The molecule has 5 nitrogen and oxygen atoms in total. The minimum atomic E-state index is -0.0500. The molecule has 0 radical (unpaired) electrons. The van der Waals surface area contributed by atoms with Crippen molar-refractivity contribution in [3.8, 4) is 5.75 Å². The van der Waals surface area contributed by atoms with Crippen LogP contribution in [0.2, 0.25) is 5.02 Å². The van der Waals surface area contributed by atoms with Crippen molar-refractivity contribution in [3.05, 3.63) is 83.1 Å². The first kappa shape index (κ1) is 19.4. The van der Waals surface area contributed by atoms with Crippen molar-refractivity contribution in [2.75, 3.05) is 12.0 Å². The van der Waals surface area contributed by atoms with Crippen molar-refractivity contribution in [1.29, 1.82) is 0 Å². The largest absolute Gasteiger partial charge is 0.497 e. The van der Waals surface area contributed by atoms with Gasteiger partial charge in [0.15, 0.2) is 5.13 Å². The summed E-state index contributed by atoms with van der Waals surface area (Å²) in [6.45, 7) is 0.351. The molecule has 0 spiro atoms. The van der Waals surface area contributed by atoms with Crippen LogP contribution in [0.25, 0.3) is 10.2 Å². The lowest BCUT2D eigenvalue weighted by atomic mass is 10.1. The van der Waals surface area contributed by atoms with Gasteiger partial charge >= 0.3 is 0 Å².